The fraction of sp³-hybridized carbons (Fsp3) is 0.583. The van der Waals surface area contributed by atoms with E-state index in [4.69, 9.17) is 0 Å². The van der Waals surface area contributed by atoms with Crippen molar-refractivity contribution in [2.24, 2.45) is 5.92 Å². The molecule has 0 aliphatic heterocycles. The number of hydrogen-bond acceptors (Lipinski definition) is 1. The third kappa shape index (κ3) is 5.44. The lowest BCUT2D eigenvalue weighted by Gasteiger charge is -2.29. The van der Waals surface area contributed by atoms with Crippen molar-refractivity contribution in [1.82, 2.24) is 0 Å². The van der Waals surface area contributed by atoms with Crippen LogP contribution in [-0.4, -0.2) is 6.61 Å². The third-order valence-electron chi connectivity index (χ3n) is 6.30. The Hall–Kier alpha value is -1.85. The van der Waals surface area contributed by atoms with Crippen molar-refractivity contribution in [3.63, 3.8) is 0 Å². The number of ether oxygens (including phenoxy) is 1. The second kappa shape index (κ2) is 10.5. The van der Waals surface area contributed by atoms with Crippen LogP contribution in [0.3, 0.4) is 0 Å². The first-order valence-corrected chi connectivity index (χ1v) is 11.0. The monoisotopic (exact) mass is 428 g/mol. The molecule has 1 aliphatic carbocycles. The summed E-state index contributed by atoms with van der Waals surface area (Å²) in [5, 5.41) is -0.490. The number of benzene rings is 2. The van der Waals surface area contributed by atoms with E-state index in [1.807, 2.05) is 0 Å². The molecule has 1 saturated carbocycles. The smallest absolute Gasteiger partial charge is 0.387 e. The first-order valence-electron chi connectivity index (χ1n) is 11.0. The van der Waals surface area contributed by atoms with Crippen LogP contribution < -0.4 is 4.74 Å². The molecule has 0 heterocycles. The molecule has 0 bridgehead atoms. The maximum absolute atomic E-state index is 14.7. The average molecular weight is 428 g/mol. The molecule has 1 aliphatic rings. The van der Waals surface area contributed by atoms with Crippen LogP contribution in [0.5, 0.6) is 5.75 Å². The standard InChI is InChI=1S/C24H29F5O/c1-2-3-4-5-6-7-15-8-10-16(11-9-15)17-12-18-14-20(26)23(30-24(28)29)22(27)21(18)19(25)13-17/h12-16,24H,2-11H2,1H3. The Bertz CT molecular complexity index is 843. The second-order valence-corrected chi connectivity index (χ2v) is 8.40. The molecule has 6 heteroatoms. The molecule has 166 valence electrons. The van der Waals surface area contributed by atoms with E-state index in [2.05, 4.69) is 11.7 Å². The molecule has 0 aromatic heterocycles. The van der Waals surface area contributed by atoms with Gasteiger partial charge in [-0.25, -0.2) is 13.2 Å². The average Bonchev–Trinajstić information content (AvgIpc) is 2.70. The summed E-state index contributed by atoms with van der Waals surface area (Å²) >= 11 is 0. The number of hydrogen-bond donors (Lipinski definition) is 0. The van der Waals surface area contributed by atoms with Crippen LogP contribution in [0.4, 0.5) is 22.0 Å². The van der Waals surface area contributed by atoms with E-state index in [1.54, 1.807) is 6.07 Å². The van der Waals surface area contributed by atoms with Gasteiger partial charge in [0.2, 0.25) is 0 Å². The van der Waals surface area contributed by atoms with Crippen LogP contribution >= 0.6 is 0 Å². The van der Waals surface area contributed by atoms with E-state index in [0.29, 0.717) is 11.5 Å². The highest BCUT2D eigenvalue weighted by Crippen LogP contribution is 2.40. The van der Waals surface area contributed by atoms with Crippen LogP contribution in [0.1, 0.15) is 82.6 Å². The zero-order valence-electron chi connectivity index (χ0n) is 17.3. The van der Waals surface area contributed by atoms with Gasteiger partial charge < -0.3 is 4.74 Å². The van der Waals surface area contributed by atoms with Crippen LogP contribution in [0, 0.1) is 23.4 Å². The number of halogens is 5. The molecule has 0 amide bonds. The Morgan fingerprint density at radius 2 is 1.60 bits per heavy atom. The first-order chi connectivity index (χ1) is 14.4. The van der Waals surface area contributed by atoms with Gasteiger partial charge in [-0.3, -0.25) is 0 Å². The van der Waals surface area contributed by atoms with Gasteiger partial charge in [0.1, 0.15) is 5.82 Å². The van der Waals surface area contributed by atoms with E-state index < -0.39 is 35.2 Å². The van der Waals surface area contributed by atoms with Crippen LogP contribution in [0.2, 0.25) is 0 Å². The van der Waals surface area contributed by atoms with Gasteiger partial charge in [-0.2, -0.15) is 8.78 Å². The largest absolute Gasteiger partial charge is 0.429 e. The summed E-state index contributed by atoms with van der Waals surface area (Å²) in [6.07, 6.45) is 11.6. The summed E-state index contributed by atoms with van der Waals surface area (Å²) in [6, 6.07) is 3.70. The van der Waals surface area contributed by atoms with Gasteiger partial charge in [-0.05, 0) is 60.6 Å². The quantitative estimate of drug-likeness (QED) is 0.287. The number of unbranched alkanes of at least 4 members (excludes halogenated alkanes) is 4. The predicted molar refractivity (Wildman–Crippen MR) is 109 cm³/mol. The SMILES string of the molecule is CCCCCCCC1CCC(c2cc(F)c3c(F)c(OC(F)F)c(F)cc3c2)CC1. The van der Waals surface area contributed by atoms with Crippen LogP contribution in [-0.2, 0) is 0 Å². The molecule has 0 N–H and O–H groups in total. The van der Waals surface area contributed by atoms with Crippen molar-refractivity contribution in [2.45, 2.75) is 83.7 Å². The summed E-state index contributed by atoms with van der Waals surface area (Å²) in [4.78, 5) is 0. The van der Waals surface area contributed by atoms with E-state index in [1.165, 1.54) is 44.6 Å². The number of fused-ring (bicyclic) bond motifs is 1. The Morgan fingerprint density at radius 1 is 0.900 bits per heavy atom. The highest BCUT2D eigenvalue weighted by atomic mass is 19.3. The van der Waals surface area contributed by atoms with Gasteiger partial charge in [0.15, 0.2) is 17.4 Å². The zero-order valence-corrected chi connectivity index (χ0v) is 17.3. The highest BCUT2D eigenvalue weighted by Gasteiger charge is 2.25. The molecule has 0 atom stereocenters. The van der Waals surface area contributed by atoms with E-state index in [0.717, 1.165) is 31.7 Å². The second-order valence-electron chi connectivity index (χ2n) is 8.40. The Balaban J connectivity index is 1.69. The molecular weight excluding hydrogens is 399 g/mol. The van der Waals surface area contributed by atoms with E-state index in [-0.39, 0.29) is 11.3 Å². The predicted octanol–water partition coefficient (Wildman–Crippen LogP) is 8.49. The lowest BCUT2D eigenvalue weighted by molar-refractivity contribution is -0.0544. The molecule has 30 heavy (non-hydrogen) atoms. The van der Waals surface area contributed by atoms with E-state index in [9.17, 15) is 22.0 Å². The van der Waals surface area contributed by atoms with Crippen molar-refractivity contribution in [2.75, 3.05) is 0 Å². The number of rotatable bonds is 9. The minimum absolute atomic E-state index is 0.0275. The van der Waals surface area contributed by atoms with Gasteiger partial charge in [0.25, 0.3) is 0 Å². The molecule has 1 nitrogen and oxygen atoms in total. The lowest BCUT2D eigenvalue weighted by Crippen LogP contribution is -2.14. The van der Waals surface area contributed by atoms with Crippen molar-refractivity contribution < 1.29 is 26.7 Å². The van der Waals surface area contributed by atoms with Crippen molar-refractivity contribution in [3.8, 4) is 5.75 Å². The molecule has 3 rings (SSSR count). The summed E-state index contributed by atoms with van der Waals surface area (Å²) in [7, 11) is 0. The summed E-state index contributed by atoms with van der Waals surface area (Å²) < 4.78 is 71.9. The zero-order chi connectivity index (χ0) is 21.7. The minimum Gasteiger partial charge on any atom is -0.429 e. The van der Waals surface area contributed by atoms with Crippen molar-refractivity contribution in [3.05, 3.63) is 41.2 Å². The van der Waals surface area contributed by atoms with Crippen molar-refractivity contribution >= 4 is 10.8 Å². The third-order valence-corrected chi connectivity index (χ3v) is 6.30. The van der Waals surface area contributed by atoms with Crippen LogP contribution in [0.15, 0.2) is 18.2 Å². The van der Waals surface area contributed by atoms with Gasteiger partial charge >= 0.3 is 6.61 Å². The van der Waals surface area contributed by atoms with Gasteiger partial charge in [-0.15, -0.1) is 0 Å². The fourth-order valence-corrected chi connectivity index (χ4v) is 4.67. The van der Waals surface area contributed by atoms with Crippen LogP contribution in [0.25, 0.3) is 10.8 Å². The summed E-state index contributed by atoms with van der Waals surface area (Å²) in [6.45, 7) is -1.19. The molecule has 0 unspecified atom stereocenters. The Labute approximate surface area is 174 Å². The Morgan fingerprint density at radius 3 is 2.27 bits per heavy atom. The van der Waals surface area contributed by atoms with E-state index >= 15 is 0 Å². The van der Waals surface area contributed by atoms with Crippen molar-refractivity contribution in [1.29, 1.82) is 0 Å². The molecule has 1 fully saturated rings. The first kappa shape index (κ1) is 22.8. The maximum Gasteiger partial charge on any atom is 0.387 e. The summed E-state index contributed by atoms with van der Waals surface area (Å²) in [5.74, 6) is -3.98. The lowest BCUT2D eigenvalue weighted by atomic mass is 9.76. The van der Waals surface area contributed by atoms with Gasteiger partial charge in [-0.1, -0.05) is 51.5 Å². The molecule has 0 saturated heterocycles. The van der Waals surface area contributed by atoms with Gasteiger partial charge in [0, 0.05) is 0 Å². The molecule has 0 spiro atoms. The number of alkyl halides is 2. The molecular formula is C24H29F5O. The molecule has 2 aromatic carbocycles. The molecule has 2 aromatic rings. The summed E-state index contributed by atoms with van der Waals surface area (Å²) in [5.41, 5.74) is 0.711. The minimum atomic E-state index is -3.39. The Kier molecular flexibility index (Phi) is 7.95. The normalized spacial score (nSPS) is 19.6. The maximum atomic E-state index is 14.7. The highest BCUT2D eigenvalue weighted by molar-refractivity contribution is 5.86. The molecule has 0 radical (unpaired) electrons. The van der Waals surface area contributed by atoms with Gasteiger partial charge in [0.05, 0.1) is 5.39 Å². The topological polar surface area (TPSA) is 9.23 Å². The fourth-order valence-electron chi connectivity index (χ4n) is 4.67.